The van der Waals surface area contributed by atoms with E-state index in [4.69, 9.17) is 17.0 Å². The number of amides is 2. The number of rotatable bonds is 5. The van der Waals surface area contributed by atoms with Gasteiger partial charge in [0.05, 0.1) is 19.2 Å². The number of esters is 1. The van der Waals surface area contributed by atoms with E-state index in [1.165, 1.54) is 7.11 Å². The lowest BCUT2D eigenvalue weighted by Gasteiger charge is -2.27. The van der Waals surface area contributed by atoms with E-state index in [1.54, 1.807) is 29.2 Å². The van der Waals surface area contributed by atoms with Crippen molar-refractivity contribution < 1.29 is 19.1 Å². The number of nitrogens with zero attached hydrogens (tertiary/aromatic N) is 2. The second-order valence-electron chi connectivity index (χ2n) is 7.57. The summed E-state index contributed by atoms with van der Waals surface area (Å²) in [7, 11) is 1.33. The van der Waals surface area contributed by atoms with Crippen LogP contribution in [0.25, 0.3) is 0 Å². The van der Waals surface area contributed by atoms with Gasteiger partial charge in [0, 0.05) is 25.3 Å². The van der Waals surface area contributed by atoms with E-state index in [0.29, 0.717) is 29.3 Å². The minimum Gasteiger partial charge on any atom is -0.465 e. The first kappa shape index (κ1) is 22.0. The van der Waals surface area contributed by atoms with Crippen molar-refractivity contribution in [2.75, 3.05) is 38.6 Å². The highest BCUT2D eigenvalue weighted by molar-refractivity contribution is 7.80. The molecule has 0 saturated carbocycles. The molecule has 2 amide bonds. The molecule has 2 heterocycles. The average molecular weight is 433 g/mol. The first-order valence-corrected chi connectivity index (χ1v) is 10.7. The van der Waals surface area contributed by atoms with Crippen molar-refractivity contribution in [3.05, 3.63) is 29.8 Å². The molecule has 162 valence electrons. The van der Waals surface area contributed by atoms with Gasteiger partial charge in [-0.15, -0.1) is 0 Å². The number of carbonyl (C=O) groups excluding carboxylic acids is 3. The Labute approximate surface area is 181 Å². The number of ether oxygens (including phenoxy) is 1. The Morgan fingerprint density at radius 2 is 1.90 bits per heavy atom. The SMILES string of the molecule is COC(=O)c1cccc(NC(=S)N[C@@H]2CCCCN(CC(=O)N3CCCC3)C2=O)c1. The highest BCUT2D eigenvalue weighted by Crippen LogP contribution is 2.16. The van der Waals surface area contributed by atoms with Crippen molar-refractivity contribution in [3.8, 4) is 0 Å². The summed E-state index contributed by atoms with van der Waals surface area (Å²) in [4.78, 5) is 40.7. The fraction of sp³-hybridized carbons (Fsp3) is 0.524. The van der Waals surface area contributed by atoms with Crippen molar-refractivity contribution in [2.45, 2.75) is 38.1 Å². The average Bonchev–Trinajstić information content (AvgIpc) is 3.23. The van der Waals surface area contributed by atoms with Crippen LogP contribution >= 0.6 is 12.2 Å². The predicted octanol–water partition coefficient (Wildman–Crippen LogP) is 1.76. The molecule has 0 spiro atoms. The van der Waals surface area contributed by atoms with Crippen molar-refractivity contribution in [3.63, 3.8) is 0 Å². The summed E-state index contributed by atoms with van der Waals surface area (Å²) in [5.41, 5.74) is 1.03. The van der Waals surface area contributed by atoms with Crippen LogP contribution in [0.1, 0.15) is 42.5 Å². The van der Waals surface area contributed by atoms with Gasteiger partial charge in [0.15, 0.2) is 5.11 Å². The van der Waals surface area contributed by atoms with Gasteiger partial charge in [0.25, 0.3) is 0 Å². The molecule has 2 aliphatic heterocycles. The van der Waals surface area contributed by atoms with E-state index >= 15 is 0 Å². The molecule has 0 aromatic heterocycles. The quantitative estimate of drug-likeness (QED) is 0.541. The van der Waals surface area contributed by atoms with Crippen LogP contribution in [0.3, 0.4) is 0 Å². The summed E-state index contributed by atoms with van der Waals surface area (Å²) in [6, 6.07) is 6.30. The molecule has 1 aromatic rings. The molecule has 2 N–H and O–H groups in total. The molecule has 0 radical (unpaired) electrons. The van der Waals surface area contributed by atoms with Crippen molar-refractivity contribution in [1.29, 1.82) is 0 Å². The highest BCUT2D eigenvalue weighted by atomic mass is 32.1. The van der Waals surface area contributed by atoms with Gasteiger partial charge in [-0.25, -0.2) is 4.79 Å². The van der Waals surface area contributed by atoms with Gasteiger partial charge in [-0.05, 0) is 62.5 Å². The standard InChI is InChI=1S/C21H28N4O4S/c1-29-20(28)15-7-6-8-16(13-15)22-21(30)23-17-9-2-3-12-25(19(17)27)14-18(26)24-10-4-5-11-24/h6-8,13,17H,2-5,9-12,14H2,1H3,(H2,22,23,30)/t17-/m1/s1. The molecule has 1 aromatic carbocycles. The van der Waals surface area contributed by atoms with E-state index in [2.05, 4.69) is 10.6 Å². The number of carbonyl (C=O) groups is 3. The molecule has 2 saturated heterocycles. The zero-order valence-corrected chi connectivity index (χ0v) is 18.0. The van der Waals surface area contributed by atoms with Gasteiger partial charge in [-0.2, -0.15) is 0 Å². The Morgan fingerprint density at radius 3 is 2.63 bits per heavy atom. The molecule has 30 heavy (non-hydrogen) atoms. The van der Waals surface area contributed by atoms with Crippen LogP contribution in [0.2, 0.25) is 0 Å². The Hall–Kier alpha value is -2.68. The number of nitrogens with one attached hydrogen (secondary N) is 2. The van der Waals surface area contributed by atoms with Crippen LogP contribution in [0.15, 0.2) is 24.3 Å². The van der Waals surface area contributed by atoms with Crippen LogP contribution in [-0.4, -0.2) is 72.0 Å². The van der Waals surface area contributed by atoms with Crippen LogP contribution in [-0.2, 0) is 14.3 Å². The van der Waals surface area contributed by atoms with Crippen LogP contribution in [0.4, 0.5) is 5.69 Å². The monoisotopic (exact) mass is 432 g/mol. The number of methoxy groups -OCH3 is 1. The summed E-state index contributed by atoms with van der Waals surface area (Å²) in [5, 5.41) is 6.39. The second-order valence-corrected chi connectivity index (χ2v) is 7.98. The summed E-state index contributed by atoms with van der Waals surface area (Å²) in [6.07, 6.45) is 4.44. The van der Waals surface area contributed by atoms with Gasteiger partial charge >= 0.3 is 5.97 Å². The normalized spacial score (nSPS) is 19.2. The Balaban J connectivity index is 1.59. The maximum absolute atomic E-state index is 13.0. The number of anilines is 1. The fourth-order valence-electron chi connectivity index (χ4n) is 3.79. The highest BCUT2D eigenvalue weighted by Gasteiger charge is 2.30. The van der Waals surface area contributed by atoms with E-state index in [9.17, 15) is 14.4 Å². The lowest BCUT2D eigenvalue weighted by Crippen LogP contribution is -2.51. The lowest BCUT2D eigenvalue weighted by atomic mass is 10.1. The molecule has 2 aliphatic rings. The third-order valence-electron chi connectivity index (χ3n) is 5.41. The van der Waals surface area contributed by atoms with Crippen LogP contribution in [0, 0.1) is 0 Å². The van der Waals surface area contributed by atoms with Crippen molar-refractivity contribution in [2.24, 2.45) is 0 Å². The van der Waals surface area contributed by atoms with Crippen LogP contribution in [0.5, 0.6) is 0 Å². The topological polar surface area (TPSA) is 91.0 Å². The summed E-state index contributed by atoms with van der Waals surface area (Å²) in [5.74, 6) is -0.524. The van der Waals surface area contributed by atoms with E-state index in [1.807, 2.05) is 4.90 Å². The first-order chi connectivity index (χ1) is 14.5. The molecule has 0 bridgehead atoms. The maximum Gasteiger partial charge on any atom is 0.337 e. The van der Waals surface area contributed by atoms with Gasteiger partial charge in [0.1, 0.15) is 6.04 Å². The second kappa shape index (κ2) is 10.4. The largest absolute Gasteiger partial charge is 0.465 e. The lowest BCUT2D eigenvalue weighted by molar-refractivity contribution is -0.140. The minimum atomic E-state index is -0.484. The molecule has 8 nitrogen and oxygen atoms in total. The number of hydrogen-bond donors (Lipinski definition) is 2. The fourth-order valence-corrected chi connectivity index (χ4v) is 4.05. The molecule has 2 fully saturated rings. The molecule has 1 atom stereocenters. The minimum absolute atomic E-state index is 0.0156. The maximum atomic E-state index is 13.0. The molecular weight excluding hydrogens is 404 g/mol. The third kappa shape index (κ3) is 5.69. The number of thiocarbonyl (C=S) groups is 1. The molecule has 3 rings (SSSR count). The number of hydrogen-bond acceptors (Lipinski definition) is 5. The summed E-state index contributed by atoms with van der Waals surface area (Å²) >= 11 is 5.38. The van der Waals surface area contributed by atoms with Crippen molar-refractivity contribution in [1.82, 2.24) is 15.1 Å². The Kier molecular flexibility index (Phi) is 7.62. The molecule has 9 heteroatoms. The van der Waals surface area contributed by atoms with Gasteiger partial charge in [-0.3, -0.25) is 9.59 Å². The number of benzene rings is 1. The summed E-state index contributed by atoms with van der Waals surface area (Å²) < 4.78 is 4.73. The Bertz CT molecular complexity index is 810. The molecule has 0 unspecified atom stereocenters. The van der Waals surface area contributed by atoms with Gasteiger partial charge in [-0.1, -0.05) is 6.07 Å². The van der Waals surface area contributed by atoms with E-state index in [-0.39, 0.29) is 18.4 Å². The summed E-state index contributed by atoms with van der Waals surface area (Å²) in [6.45, 7) is 2.26. The Morgan fingerprint density at radius 1 is 1.17 bits per heavy atom. The molecule has 0 aliphatic carbocycles. The smallest absolute Gasteiger partial charge is 0.337 e. The van der Waals surface area contributed by atoms with E-state index < -0.39 is 12.0 Å². The van der Waals surface area contributed by atoms with Crippen molar-refractivity contribution >= 4 is 40.8 Å². The number of likely N-dealkylation sites (tertiary alicyclic amines) is 2. The zero-order chi connectivity index (χ0) is 21.5. The van der Waals surface area contributed by atoms with E-state index in [0.717, 1.165) is 38.8 Å². The first-order valence-electron chi connectivity index (χ1n) is 10.3. The van der Waals surface area contributed by atoms with Gasteiger partial charge < -0.3 is 25.2 Å². The zero-order valence-electron chi connectivity index (χ0n) is 17.2. The van der Waals surface area contributed by atoms with Gasteiger partial charge in [0.2, 0.25) is 11.8 Å². The predicted molar refractivity (Wildman–Crippen MR) is 117 cm³/mol. The van der Waals surface area contributed by atoms with Crippen LogP contribution < -0.4 is 10.6 Å². The molecular formula is C21H28N4O4S. The third-order valence-corrected chi connectivity index (χ3v) is 5.63.